The predicted molar refractivity (Wildman–Crippen MR) is 183 cm³/mol. The standard InChI is InChI=1S/C39H29N.C2H6/c1-26(23-27-11-3-2-4-12-27)29-20-22-36-37(25-29)40(31-21-19-28-13-5-6-14-30(28)24-31)39-35-18-10-8-16-33(35)32-15-7-9-17-34(32)38(36)39;1-2/h2-22,24-26H,23H2,1H3;1-2H3. The lowest BCUT2D eigenvalue weighted by Gasteiger charge is -2.15. The molecule has 1 aromatic heterocycles. The molecule has 0 radical (unpaired) electrons. The van der Waals surface area contributed by atoms with Gasteiger partial charge in [-0.1, -0.05) is 142 Å². The molecule has 42 heavy (non-hydrogen) atoms. The van der Waals surface area contributed by atoms with Crippen LogP contribution < -0.4 is 0 Å². The fourth-order valence-electron chi connectivity index (χ4n) is 6.67. The number of benzene rings is 7. The van der Waals surface area contributed by atoms with Crippen LogP contribution in [0.4, 0.5) is 0 Å². The van der Waals surface area contributed by atoms with Crippen LogP contribution in [-0.4, -0.2) is 4.57 Å². The van der Waals surface area contributed by atoms with Crippen LogP contribution in [0, 0.1) is 0 Å². The zero-order valence-electron chi connectivity index (χ0n) is 24.5. The van der Waals surface area contributed by atoms with Crippen LogP contribution >= 0.6 is 0 Å². The average Bonchev–Trinajstić information content (AvgIpc) is 3.41. The lowest BCUT2D eigenvalue weighted by Crippen LogP contribution is -2.00. The smallest absolute Gasteiger partial charge is 0.0625 e. The highest BCUT2D eigenvalue weighted by Crippen LogP contribution is 2.43. The van der Waals surface area contributed by atoms with Crippen molar-refractivity contribution in [3.05, 3.63) is 151 Å². The minimum absolute atomic E-state index is 0.406. The Morgan fingerprint density at radius 2 is 1.14 bits per heavy atom. The van der Waals surface area contributed by atoms with Gasteiger partial charge in [0.1, 0.15) is 0 Å². The minimum atomic E-state index is 0.406. The molecule has 1 unspecified atom stereocenters. The van der Waals surface area contributed by atoms with Crippen LogP contribution in [0.15, 0.2) is 140 Å². The number of hydrogen-bond donors (Lipinski definition) is 0. The molecule has 0 aliphatic rings. The molecule has 1 nitrogen and oxygen atoms in total. The summed E-state index contributed by atoms with van der Waals surface area (Å²) in [6.07, 6.45) is 1.02. The first-order chi connectivity index (χ1) is 20.8. The zero-order chi connectivity index (χ0) is 28.6. The number of aromatic nitrogens is 1. The van der Waals surface area contributed by atoms with Crippen molar-refractivity contribution in [2.75, 3.05) is 0 Å². The highest BCUT2D eigenvalue weighted by atomic mass is 15.0. The van der Waals surface area contributed by atoms with Crippen molar-refractivity contribution >= 4 is 54.1 Å². The van der Waals surface area contributed by atoms with E-state index in [9.17, 15) is 0 Å². The largest absolute Gasteiger partial charge is 0.309 e. The lowest BCUT2D eigenvalue weighted by atomic mass is 9.92. The van der Waals surface area contributed by atoms with Crippen LogP contribution in [0.5, 0.6) is 0 Å². The van der Waals surface area contributed by atoms with E-state index in [4.69, 9.17) is 0 Å². The van der Waals surface area contributed by atoms with E-state index in [1.165, 1.54) is 70.9 Å². The van der Waals surface area contributed by atoms with E-state index < -0.39 is 0 Å². The number of rotatable bonds is 4. The van der Waals surface area contributed by atoms with Gasteiger partial charge in [-0.15, -0.1) is 0 Å². The molecule has 8 rings (SSSR count). The van der Waals surface area contributed by atoms with Gasteiger partial charge in [-0.3, -0.25) is 0 Å². The van der Waals surface area contributed by atoms with Crippen molar-refractivity contribution in [1.82, 2.24) is 4.57 Å². The molecule has 0 aliphatic carbocycles. The fourth-order valence-corrected chi connectivity index (χ4v) is 6.67. The predicted octanol–water partition coefficient (Wildman–Crippen LogP) is 11.6. The Hall–Kier alpha value is -4.88. The van der Waals surface area contributed by atoms with Crippen molar-refractivity contribution < 1.29 is 0 Å². The van der Waals surface area contributed by atoms with E-state index in [1.54, 1.807) is 0 Å². The summed E-state index contributed by atoms with van der Waals surface area (Å²) in [7, 11) is 0. The molecule has 0 saturated carbocycles. The van der Waals surface area contributed by atoms with Crippen molar-refractivity contribution in [3.8, 4) is 5.69 Å². The van der Waals surface area contributed by atoms with Gasteiger partial charge >= 0.3 is 0 Å². The van der Waals surface area contributed by atoms with Gasteiger partial charge in [-0.25, -0.2) is 0 Å². The number of fused-ring (bicyclic) bond motifs is 9. The number of hydrogen-bond acceptors (Lipinski definition) is 0. The van der Waals surface area contributed by atoms with Crippen molar-refractivity contribution in [3.63, 3.8) is 0 Å². The Labute approximate surface area is 247 Å². The van der Waals surface area contributed by atoms with Crippen LogP contribution in [0.25, 0.3) is 59.8 Å². The van der Waals surface area contributed by atoms with Crippen LogP contribution in [0.2, 0.25) is 0 Å². The normalized spacial score (nSPS) is 12.2. The molecule has 0 spiro atoms. The maximum Gasteiger partial charge on any atom is 0.0625 e. The summed E-state index contributed by atoms with van der Waals surface area (Å²) in [4.78, 5) is 0. The molecule has 1 atom stereocenters. The van der Waals surface area contributed by atoms with Gasteiger partial charge < -0.3 is 4.57 Å². The molecule has 0 saturated heterocycles. The van der Waals surface area contributed by atoms with E-state index in [2.05, 4.69) is 151 Å². The van der Waals surface area contributed by atoms with Gasteiger partial charge in [0, 0.05) is 21.8 Å². The van der Waals surface area contributed by atoms with Gasteiger partial charge in [0.15, 0.2) is 0 Å². The second-order valence-corrected chi connectivity index (χ2v) is 11.0. The topological polar surface area (TPSA) is 4.93 Å². The average molecular weight is 542 g/mol. The molecule has 0 aliphatic heterocycles. The molecule has 204 valence electrons. The first kappa shape index (κ1) is 26.0. The zero-order valence-corrected chi connectivity index (χ0v) is 24.5. The van der Waals surface area contributed by atoms with Gasteiger partial charge in [0.2, 0.25) is 0 Å². The van der Waals surface area contributed by atoms with Crippen LogP contribution in [0.3, 0.4) is 0 Å². The van der Waals surface area contributed by atoms with Gasteiger partial charge in [0.05, 0.1) is 11.0 Å². The summed E-state index contributed by atoms with van der Waals surface area (Å²) in [6, 6.07) is 51.3. The summed E-state index contributed by atoms with van der Waals surface area (Å²) >= 11 is 0. The lowest BCUT2D eigenvalue weighted by molar-refractivity contribution is 0.760. The fraction of sp³-hybridized carbons (Fsp3) is 0.122. The molecule has 0 fully saturated rings. The summed E-state index contributed by atoms with van der Waals surface area (Å²) in [5.41, 5.74) is 6.50. The maximum atomic E-state index is 2.52. The summed E-state index contributed by atoms with van der Waals surface area (Å²) in [5, 5.41) is 10.4. The van der Waals surface area contributed by atoms with E-state index in [0.29, 0.717) is 5.92 Å². The highest BCUT2D eigenvalue weighted by molar-refractivity contribution is 6.32. The monoisotopic (exact) mass is 541 g/mol. The quantitative estimate of drug-likeness (QED) is 0.195. The Balaban J connectivity index is 0.00000141. The maximum absolute atomic E-state index is 2.52. The Bertz CT molecular complexity index is 2200. The summed E-state index contributed by atoms with van der Waals surface area (Å²) < 4.78 is 2.52. The number of nitrogens with zero attached hydrogens (tertiary/aromatic N) is 1. The summed E-state index contributed by atoms with van der Waals surface area (Å²) in [5.74, 6) is 0.406. The third kappa shape index (κ3) is 4.25. The Morgan fingerprint density at radius 1 is 0.524 bits per heavy atom. The van der Waals surface area contributed by atoms with Gasteiger partial charge in [0.25, 0.3) is 0 Å². The van der Waals surface area contributed by atoms with Crippen LogP contribution in [-0.2, 0) is 6.42 Å². The SMILES string of the molecule is CC.CC(Cc1ccccc1)c1ccc2c3c4ccccc4c4ccccc4c3n(-c3ccc4ccccc4c3)c2c1. The molecule has 1 heterocycles. The van der Waals surface area contributed by atoms with E-state index in [0.717, 1.165) is 6.42 Å². The highest BCUT2D eigenvalue weighted by Gasteiger charge is 2.20. The van der Waals surface area contributed by atoms with E-state index in [1.807, 2.05) is 13.8 Å². The summed E-state index contributed by atoms with van der Waals surface area (Å²) in [6.45, 7) is 6.35. The van der Waals surface area contributed by atoms with Gasteiger partial charge in [-0.05, 0) is 68.6 Å². The minimum Gasteiger partial charge on any atom is -0.309 e. The van der Waals surface area contributed by atoms with E-state index >= 15 is 0 Å². The second kappa shape index (κ2) is 10.8. The third-order valence-corrected chi connectivity index (χ3v) is 8.61. The van der Waals surface area contributed by atoms with E-state index in [-0.39, 0.29) is 0 Å². The third-order valence-electron chi connectivity index (χ3n) is 8.61. The first-order valence-corrected chi connectivity index (χ1v) is 15.2. The van der Waals surface area contributed by atoms with Crippen molar-refractivity contribution in [2.45, 2.75) is 33.1 Å². The molecule has 0 N–H and O–H groups in total. The molecule has 8 aromatic rings. The van der Waals surface area contributed by atoms with Crippen molar-refractivity contribution in [2.24, 2.45) is 0 Å². The molecular weight excluding hydrogens is 506 g/mol. The second-order valence-electron chi connectivity index (χ2n) is 11.0. The Morgan fingerprint density at radius 3 is 1.90 bits per heavy atom. The molecule has 7 aromatic carbocycles. The molecule has 0 bridgehead atoms. The van der Waals surface area contributed by atoms with Crippen molar-refractivity contribution in [1.29, 1.82) is 0 Å². The Kier molecular flexibility index (Phi) is 6.72. The molecule has 1 heteroatoms. The van der Waals surface area contributed by atoms with Crippen LogP contribution in [0.1, 0.15) is 37.8 Å². The first-order valence-electron chi connectivity index (χ1n) is 15.2. The molecular formula is C41H35N. The molecule has 0 amide bonds. The van der Waals surface area contributed by atoms with Gasteiger partial charge in [-0.2, -0.15) is 0 Å².